The van der Waals surface area contributed by atoms with Crippen LogP contribution in [0, 0.1) is 5.82 Å². The first-order valence-electron chi connectivity index (χ1n) is 11.6. The normalized spacial score (nSPS) is 17.6. The van der Waals surface area contributed by atoms with Crippen molar-refractivity contribution < 1.29 is 23.1 Å². The molecule has 1 aromatic heterocycles. The molecule has 0 spiro atoms. The van der Waals surface area contributed by atoms with E-state index >= 15 is 0 Å². The number of benzene rings is 2. The maximum Gasteiger partial charge on any atom is 0.249 e. The largest absolute Gasteiger partial charge is 0.493 e. The number of amides is 1. The van der Waals surface area contributed by atoms with Crippen LogP contribution in [0.25, 0.3) is 11.0 Å². The summed E-state index contributed by atoms with van der Waals surface area (Å²) in [5.74, 6) is -0.0702. The van der Waals surface area contributed by atoms with Crippen LogP contribution in [0.4, 0.5) is 4.39 Å². The Bertz CT molecular complexity index is 1180. The predicted octanol–water partition coefficient (Wildman–Crippen LogP) is 4.89. The minimum absolute atomic E-state index is 0. The number of hydrogen-bond donors (Lipinski definition) is 1. The maximum atomic E-state index is 14.3. The van der Waals surface area contributed by atoms with E-state index in [4.69, 9.17) is 19.6 Å². The van der Waals surface area contributed by atoms with Crippen molar-refractivity contribution in [3.05, 3.63) is 59.1 Å². The van der Waals surface area contributed by atoms with Gasteiger partial charge in [-0.05, 0) is 62.4 Å². The van der Waals surface area contributed by atoms with Crippen molar-refractivity contribution in [1.29, 1.82) is 0 Å². The van der Waals surface area contributed by atoms with Crippen LogP contribution < -0.4 is 15.2 Å². The molecule has 1 atom stereocenters. The van der Waals surface area contributed by atoms with E-state index in [0.29, 0.717) is 30.2 Å². The van der Waals surface area contributed by atoms with Crippen molar-refractivity contribution in [3.8, 4) is 11.5 Å². The summed E-state index contributed by atoms with van der Waals surface area (Å²) in [6, 6.07) is 9.24. The SMILES string of the molecule is COc1cccc2c(CCCN(C3CCC3)C3COc4c(F)ccc(C(N)=O)c4C3)coc12.Cl. The zero-order chi connectivity index (χ0) is 22.9. The summed E-state index contributed by atoms with van der Waals surface area (Å²) in [4.78, 5) is 14.4. The molecular formula is C26H30ClFN2O4. The molecule has 182 valence electrons. The number of halogens is 2. The number of para-hydroxylation sites is 1. The molecule has 2 aliphatic rings. The number of carbonyl (C=O) groups is 1. The van der Waals surface area contributed by atoms with E-state index in [2.05, 4.69) is 11.0 Å². The van der Waals surface area contributed by atoms with Gasteiger partial charge in [0, 0.05) is 28.6 Å². The Morgan fingerprint density at radius 2 is 2.06 bits per heavy atom. The van der Waals surface area contributed by atoms with E-state index in [-0.39, 0.29) is 24.2 Å². The maximum absolute atomic E-state index is 14.3. The molecule has 0 bridgehead atoms. The fourth-order valence-corrected chi connectivity index (χ4v) is 5.15. The first kappa shape index (κ1) is 24.4. The Hall–Kier alpha value is -2.77. The monoisotopic (exact) mass is 488 g/mol. The van der Waals surface area contributed by atoms with Gasteiger partial charge in [-0.25, -0.2) is 4.39 Å². The molecule has 1 saturated carbocycles. The number of nitrogens with zero attached hydrogens (tertiary/aromatic N) is 1. The van der Waals surface area contributed by atoms with Crippen LogP contribution in [-0.4, -0.2) is 43.2 Å². The molecule has 8 heteroatoms. The molecule has 1 aliphatic carbocycles. The van der Waals surface area contributed by atoms with E-state index in [1.807, 2.05) is 18.4 Å². The first-order chi connectivity index (χ1) is 16.1. The van der Waals surface area contributed by atoms with Gasteiger partial charge >= 0.3 is 0 Å². The third-order valence-electron chi connectivity index (χ3n) is 7.08. The van der Waals surface area contributed by atoms with Crippen LogP contribution in [0.5, 0.6) is 11.5 Å². The van der Waals surface area contributed by atoms with E-state index in [9.17, 15) is 9.18 Å². The smallest absolute Gasteiger partial charge is 0.249 e. The average molecular weight is 489 g/mol. The Kier molecular flexibility index (Phi) is 7.33. The Balaban J connectivity index is 0.00000274. The molecule has 2 heterocycles. The van der Waals surface area contributed by atoms with Gasteiger partial charge in [0.1, 0.15) is 6.61 Å². The van der Waals surface area contributed by atoms with Crippen molar-refractivity contribution in [2.24, 2.45) is 5.73 Å². The van der Waals surface area contributed by atoms with Crippen LogP contribution in [0.1, 0.15) is 47.2 Å². The van der Waals surface area contributed by atoms with Gasteiger partial charge in [-0.1, -0.05) is 18.6 Å². The highest BCUT2D eigenvalue weighted by Gasteiger charge is 2.35. The number of hydrogen-bond acceptors (Lipinski definition) is 5. The quantitative estimate of drug-likeness (QED) is 0.488. The fourth-order valence-electron chi connectivity index (χ4n) is 5.15. The standard InChI is InChI=1S/C26H29FN2O4.ClH/c1-31-23-9-3-8-19-16(14-32-25(19)23)5-4-12-29(17-6-2-7-17)18-13-21-20(26(28)30)10-11-22(27)24(21)33-15-18;/h3,8-11,14,17-18H,2,4-7,12-13,15H2,1H3,(H2,28,30);1H. The Morgan fingerprint density at radius 1 is 1.24 bits per heavy atom. The molecular weight excluding hydrogens is 459 g/mol. The summed E-state index contributed by atoms with van der Waals surface area (Å²) in [6.07, 6.45) is 7.75. The van der Waals surface area contributed by atoms with Gasteiger partial charge in [0.05, 0.1) is 13.4 Å². The second kappa shape index (κ2) is 10.2. The number of primary amides is 1. The number of nitrogens with two attached hydrogens (primary N) is 1. The highest BCUT2D eigenvalue weighted by Crippen LogP contribution is 2.36. The van der Waals surface area contributed by atoms with Crippen molar-refractivity contribution in [1.82, 2.24) is 4.90 Å². The van der Waals surface area contributed by atoms with E-state index in [1.165, 1.54) is 24.1 Å². The second-order valence-electron chi connectivity index (χ2n) is 8.96. The predicted molar refractivity (Wildman–Crippen MR) is 131 cm³/mol. The lowest BCUT2D eigenvalue weighted by Crippen LogP contribution is -2.51. The molecule has 1 aliphatic heterocycles. The Labute approximate surface area is 204 Å². The van der Waals surface area contributed by atoms with Crippen molar-refractivity contribution in [2.45, 2.75) is 50.6 Å². The summed E-state index contributed by atoms with van der Waals surface area (Å²) in [5, 5.41) is 1.08. The van der Waals surface area contributed by atoms with Crippen molar-refractivity contribution in [3.63, 3.8) is 0 Å². The summed E-state index contributed by atoms with van der Waals surface area (Å²) in [7, 11) is 1.65. The van der Waals surface area contributed by atoms with Gasteiger partial charge in [0.15, 0.2) is 22.9 Å². The van der Waals surface area contributed by atoms with Crippen LogP contribution in [0.15, 0.2) is 41.0 Å². The third kappa shape index (κ3) is 4.46. The number of ether oxygens (including phenoxy) is 2. The van der Waals surface area contributed by atoms with Crippen molar-refractivity contribution in [2.75, 3.05) is 20.3 Å². The van der Waals surface area contributed by atoms with Crippen LogP contribution in [0.2, 0.25) is 0 Å². The number of fused-ring (bicyclic) bond motifs is 2. The second-order valence-corrected chi connectivity index (χ2v) is 8.96. The lowest BCUT2D eigenvalue weighted by atomic mass is 9.87. The lowest BCUT2D eigenvalue weighted by Gasteiger charge is -2.44. The number of furan rings is 1. The Morgan fingerprint density at radius 3 is 2.76 bits per heavy atom. The van der Waals surface area contributed by atoms with Gasteiger partial charge in [-0.15, -0.1) is 12.4 Å². The van der Waals surface area contributed by atoms with Gasteiger partial charge in [0.2, 0.25) is 5.91 Å². The lowest BCUT2D eigenvalue weighted by molar-refractivity contribution is 0.0421. The van der Waals surface area contributed by atoms with E-state index in [1.54, 1.807) is 7.11 Å². The number of rotatable bonds is 8. The minimum Gasteiger partial charge on any atom is -0.493 e. The third-order valence-corrected chi connectivity index (χ3v) is 7.08. The van der Waals surface area contributed by atoms with Gasteiger partial charge in [-0.2, -0.15) is 0 Å². The zero-order valence-corrected chi connectivity index (χ0v) is 20.0. The van der Waals surface area contributed by atoms with Gasteiger partial charge < -0.3 is 19.6 Å². The number of aryl methyl sites for hydroxylation is 1. The van der Waals surface area contributed by atoms with Crippen LogP contribution in [0.3, 0.4) is 0 Å². The van der Waals surface area contributed by atoms with Gasteiger partial charge in [-0.3, -0.25) is 9.69 Å². The minimum atomic E-state index is -0.548. The van der Waals surface area contributed by atoms with Crippen LogP contribution in [-0.2, 0) is 12.8 Å². The summed E-state index contributed by atoms with van der Waals surface area (Å²) >= 11 is 0. The zero-order valence-electron chi connectivity index (χ0n) is 19.2. The molecule has 0 saturated heterocycles. The molecule has 1 amide bonds. The molecule has 2 aromatic carbocycles. The van der Waals surface area contributed by atoms with E-state index < -0.39 is 11.7 Å². The first-order valence-corrected chi connectivity index (χ1v) is 11.6. The number of methoxy groups -OCH3 is 1. The molecule has 3 aromatic rings. The molecule has 34 heavy (non-hydrogen) atoms. The molecule has 1 unspecified atom stereocenters. The summed E-state index contributed by atoms with van der Waals surface area (Å²) in [5.41, 5.74) is 8.45. The summed E-state index contributed by atoms with van der Waals surface area (Å²) in [6.45, 7) is 1.31. The fraction of sp³-hybridized carbons (Fsp3) is 0.423. The van der Waals surface area contributed by atoms with E-state index in [0.717, 1.165) is 48.9 Å². The molecule has 0 radical (unpaired) electrons. The number of carbonyl (C=O) groups excluding carboxylic acids is 1. The highest BCUT2D eigenvalue weighted by atomic mass is 35.5. The van der Waals surface area contributed by atoms with Crippen LogP contribution >= 0.6 is 12.4 Å². The topological polar surface area (TPSA) is 77.9 Å². The highest BCUT2D eigenvalue weighted by molar-refractivity contribution is 5.95. The molecule has 2 N–H and O–H groups in total. The average Bonchev–Trinajstić information content (AvgIpc) is 3.20. The van der Waals surface area contributed by atoms with Gasteiger partial charge in [0.25, 0.3) is 0 Å². The van der Waals surface area contributed by atoms with Crippen molar-refractivity contribution >= 4 is 29.3 Å². The molecule has 1 fully saturated rings. The molecule has 5 rings (SSSR count). The summed E-state index contributed by atoms with van der Waals surface area (Å²) < 4.78 is 31.3. The molecule has 6 nitrogen and oxygen atoms in total.